The van der Waals surface area contributed by atoms with Crippen LogP contribution in [0.1, 0.15) is 59.3 Å². The zero-order valence-electron chi connectivity index (χ0n) is 19.3. The number of hydrogen-bond acceptors (Lipinski definition) is 9. The van der Waals surface area contributed by atoms with E-state index in [0.717, 1.165) is 0 Å². The zero-order valence-corrected chi connectivity index (χ0v) is 19.3. The van der Waals surface area contributed by atoms with E-state index in [2.05, 4.69) is 9.98 Å². The van der Waals surface area contributed by atoms with Crippen LogP contribution in [0.4, 0.5) is 0 Å². The second-order valence-electron chi connectivity index (χ2n) is 8.73. The molecule has 33 heavy (non-hydrogen) atoms. The lowest BCUT2D eigenvalue weighted by atomic mass is 9.79. The Kier molecular flexibility index (Phi) is 13.2. The fourth-order valence-corrected chi connectivity index (χ4v) is 3.03. The molecule has 0 aromatic rings. The summed E-state index contributed by atoms with van der Waals surface area (Å²) in [4.78, 5) is 53.3. The van der Waals surface area contributed by atoms with E-state index in [1.807, 2.05) is 20.8 Å². The number of carbonyl (C=O) groups is 2. The van der Waals surface area contributed by atoms with Gasteiger partial charge in [0.2, 0.25) is 0 Å². The molecule has 0 fully saturated rings. The summed E-state index contributed by atoms with van der Waals surface area (Å²) in [6.45, 7) is 6.29. The summed E-state index contributed by atoms with van der Waals surface area (Å²) < 4.78 is 0. The van der Waals surface area contributed by atoms with Crippen molar-refractivity contribution in [3.05, 3.63) is 20.2 Å². The maximum absolute atomic E-state index is 12.8. The third-order valence-corrected chi connectivity index (χ3v) is 4.44. The van der Waals surface area contributed by atoms with E-state index in [9.17, 15) is 29.8 Å². The maximum atomic E-state index is 12.8. The molecule has 0 heterocycles. The fraction of sp³-hybridized carbons (Fsp3) is 0.778. The predicted octanol–water partition coefficient (Wildman–Crippen LogP) is -0.353. The number of aliphatic imine (C=N–C) groups is 2. The van der Waals surface area contributed by atoms with Gasteiger partial charge in [-0.15, -0.1) is 0 Å². The van der Waals surface area contributed by atoms with E-state index in [4.69, 9.17) is 17.2 Å². The number of nitrogens with zero attached hydrogens (tertiary/aromatic N) is 4. The van der Waals surface area contributed by atoms with Gasteiger partial charge in [-0.05, 0) is 37.5 Å². The van der Waals surface area contributed by atoms with Crippen LogP contribution in [-0.2, 0) is 9.59 Å². The standard InChI is InChI=1S/C18H35N9O6/c1-18(2,3)11-12(6-4-8-22-16(20)24-26(30)31)14(28)10-15(29)13(19)7-5-9-23-17(21)25-27(32)33/h12-13H,4-11,19H2,1-3H3,(H3,20,22,24)(H3,21,23,25). The van der Waals surface area contributed by atoms with Crippen molar-refractivity contribution >= 4 is 23.5 Å². The van der Waals surface area contributed by atoms with Gasteiger partial charge >= 0.3 is 0 Å². The second kappa shape index (κ2) is 14.7. The molecule has 0 radical (unpaired) electrons. The normalized spacial score (nSPS) is 14.3. The average Bonchev–Trinajstić information content (AvgIpc) is 2.65. The van der Waals surface area contributed by atoms with Gasteiger partial charge in [-0.1, -0.05) is 31.6 Å². The second-order valence-corrected chi connectivity index (χ2v) is 8.73. The van der Waals surface area contributed by atoms with Gasteiger partial charge in [-0.3, -0.25) is 9.59 Å². The smallest absolute Gasteiger partial charge is 0.251 e. The topological polar surface area (TPSA) is 247 Å². The highest BCUT2D eigenvalue weighted by Gasteiger charge is 2.27. The van der Waals surface area contributed by atoms with Gasteiger partial charge in [0, 0.05) is 19.0 Å². The monoisotopic (exact) mass is 473 g/mol. The van der Waals surface area contributed by atoms with Crippen LogP contribution in [0.5, 0.6) is 0 Å². The first kappa shape index (κ1) is 29.6. The van der Waals surface area contributed by atoms with E-state index in [-0.39, 0.29) is 49.0 Å². The minimum absolute atomic E-state index is 0.142. The quantitative estimate of drug-likeness (QED) is 0.0513. The lowest BCUT2D eigenvalue weighted by Crippen LogP contribution is -2.36. The molecule has 0 aromatic heterocycles. The number of nitrogens with two attached hydrogens (primary N) is 3. The van der Waals surface area contributed by atoms with Gasteiger partial charge in [0.05, 0.1) is 12.5 Å². The maximum Gasteiger partial charge on any atom is 0.251 e. The van der Waals surface area contributed by atoms with Gasteiger partial charge < -0.3 is 17.2 Å². The van der Waals surface area contributed by atoms with E-state index in [1.54, 1.807) is 10.9 Å². The third-order valence-electron chi connectivity index (χ3n) is 4.44. The summed E-state index contributed by atoms with van der Waals surface area (Å²) in [6.07, 6.45) is 1.78. The van der Waals surface area contributed by atoms with E-state index < -0.39 is 27.8 Å². The number of Topliss-reactive ketones (excluding diaryl/α,β-unsaturated/α-hetero) is 2. The Balaban J connectivity index is 4.72. The summed E-state index contributed by atoms with van der Waals surface area (Å²) >= 11 is 0. The first-order chi connectivity index (χ1) is 15.2. The number of nitrogens with one attached hydrogen (secondary N) is 2. The molecule has 2 unspecified atom stereocenters. The molecular formula is C18H35N9O6. The van der Waals surface area contributed by atoms with Crippen LogP contribution in [0.2, 0.25) is 0 Å². The molecule has 0 aliphatic heterocycles. The van der Waals surface area contributed by atoms with Gasteiger partial charge in [-0.2, -0.15) is 0 Å². The zero-order chi connectivity index (χ0) is 25.6. The minimum Gasteiger partial charge on any atom is -0.365 e. The summed E-state index contributed by atoms with van der Waals surface area (Å²) in [5, 5.41) is 18.9. The molecule has 0 aromatic carbocycles. The highest BCUT2D eigenvalue weighted by Crippen LogP contribution is 2.28. The van der Waals surface area contributed by atoms with Crippen LogP contribution >= 0.6 is 0 Å². The Morgan fingerprint density at radius 3 is 1.79 bits per heavy atom. The Hall–Kier alpha value is -3.36. The average molecular weight is 474 g/mol. The van der Waals surface area contributed by atoms with E-state index >= 15 is 0 Å². The number of hydrazine groups is 2. The summed E-state index contributed by atoms with van der Waals surface area (Å²) in [5.74, 6) is -1.67. The molecule has 0 bridgehead atoms. The number of hydrogen-bond donors (Lipinski definition) is 5. The molecule has 8 N–H and O–H groups in total. The molecule has 0 spiro atoms. The molecular weight excluding hydrogens is 438 g/mol. The largest absolute Gasteiger partial charge is 0.365 e. The van der Waals surface area contributed by atoms with Crippen LogP contribution in [0.25, 0.3) is 0 Å². The van der Waals surface area contributed by atoms with Crippen molar-refractivity contribution in [1.82, 2.24) is 10.9 Å². The summed E-state index contributed by atoms with van der Waals surface area (Å²) in [6, 6.07) is -0.860. The lowest BCUT2D eigenvalue weighted by molar-refractivity contribution is -0.525. The van der Waals surface area contributed by atoms with Crippen molar-refractivity contribution in [2.24, 2.45) is 38.5 Å². The molecule has 0 aliphatic carbocycles. The van der Waals surface area contributed by atoms with Crippen molar-refractivity contribution in [3.63, 3.8) is 0 Å². The molecule has 2 atom stereocenters. The van der Waals surface area contributed by atoms with Crippen molar-refractivity contribution < 1.29 is 19.7 Å². The third kappa shape index (κ3) is 16.0. The highest BCUT2D eigenvalue weighted by atomic mass is 16.7. The SMILES string of the molecule is CC(C)(C)CC(CCCN=C(N)N[N+](=O)[O-])C(=O)CC(=O)C(N)CCCN=C(N)N[N+](=O)[O-]. The molecule has 15 nitrogen and oxygen atoms in total. The first-order valence-corrected chi connectivity index (χ1v) is 10.4. The summed E-state index contributed by atoms with van der Waals surface area (Å²) in [7, 11) is 0. The van der Waals surface area contributed by atoms with Gasteiger partial charge in [0.15, 0.2) is 15.8 Å². The fourth-order valence-electron chi connectivity index (χ4n) is 3.03. The molecule has 0 rings (SSSR count). The Labute approximate surface area is 191 Å². The van der Waals surface area contributed by atoms with Crippen LogP contribution < -0.4 is 28.1 Å². The van der Waals surface area contributed by atoms with Gasteiger partial charge in [-0.25, -0.2) is 30.2 Å². The van der Waals surface area contributed by atoms with Gasteiger partial charge in [0.25, 0.3) is 11.9 Å². The molecule has 188 valence electrons. The predicted molar refractivity (Wildman–Crippen MR) is 122 cm³/mol. The van der Waals surface area contributed by atoms with Crippen LogP contribution in [0.3, 0.4) is 0 Å². The van der Waals surface area contributed by atoms with E-state index in [0.29, 0.717) is 25.7 Å². The van der Waals surface area contributed by atoms with Crippen LogP contribution in [-0.4, -0.2) is 52.7 Å². The number of guanidine groups is 2. The Morgan fingerprint density at radius 2 is 1.36 bits per heavy atom. The van der Waals surface area contributed by atoms with Gasteiger partial charge in [0.1, 0.15) is 5.78 Å². The Morgan fingerprint density at radius 1 is 0.909 bits per heavy atom. The number of rotatable bonds is 15. The van der Waals surface area contributed by atoms with Crippen LogP contribution in [0.15, 0.2) is 9.98 Å². The number of carbonyl (C=O) groups excluding carboxylic acids is 2. The highest BCUT2D eigenvalue weighted by molar-refractivity contribution is 6.02. The van der Waals surface area contributed by atoms with Crippen molar-refractivity contribution in [2.45, 2.75) is 65.3 Å². The Bertz CT molecular complexity index is 748. The van der Waals surface area contributed by atoms with Crippen molar-refractivity contribution in [2.75, 3.05) is 13.1 Å². The molecule has 15 heteroatoms. The molecule has 0 saturated heterocycles. The number of ketones is 2. The molecule has 0 aliphatic rings. The summed E-state index contributed by atoms with van der Waals surface area (Å²) in [5.41, 5.74) is 19.8. The minimum atomic E-state index is -0.860. The van der Waals surface area contributed by atoms with Crippen molar-refractivity contribution in [3.8, 4) is 0 Å². The lowest BCUT2D eigenvalue weighted by Gasteiger charge is -2.25. The molecule has 0 amide bonds. The number of nitro groups is 2. The van der Waals surface area contributed by atoms with Crippen LogP contribution in [0, 0.1) is 31.6 Å². The van der Waals surface area contributed by atoms with Crippen molar-refractivity contribution in [1.29, 1.82) is 0 Å². The molecule has 0 saturated carbocycles. The van der Waals surface area contributed by atoms with E-state index in [1.165, 1.54) is 0 Å². The first-order valence-electron chi connectivity index (χ1n) is 10.4.